The number of ether oxygens (including phenoxy) is 2. The van der Waals surface area contributed by atoms with E-state index >= 15 is 0 Å². The van der Waals surface area contributed by atoms with E-state index in [-0.39, 0.29) is 18.5 Å². The van der Waals surface area contributed by atoms with E-state index in [9.17, 15) is 9.59 Å². The van der Waals surface area contributed by atoms with Crippen molar-refractivity contribution in [2.24, 2.45) is 5.92 Å². The minimum absolute atomic E-state index is 0.0810. The summed E-state index contributed by atoms with van der Waals surface area (Å²) in [5, 5.41) is 2.91. The van der Waals surface area contributed by atoms with E-state index < -0.39 is 0 Å². The SMILES string of the molecule is CC(C)COC(=O)N1CCN(CC(=O)Nc2ccc(Oc3ccccc3)cc2)CC1. The number of hydrogen-bond donors (Lipinski definition) is 1. The van der Waals surface area contributed by atoms with Gasteiger partial charge in [0.05, 0.1) is 13.2 Å². The predicted octanol–water partition coefficient (Wildman–Crippen LogP) is 3.83. The number of carbonyl (C=O) groups excluding carboxylic acids is 2. The summed E-state index contributed by atoms with van der Waals surface area (Å²) in [5.41, 5.74) is 0.719. The van der Waals surface area contributed by atoms with Gasteiger partial charge in [0, 0.05) is 31.9 Å². The largest absolute Gasteiger partial charge is 0.457 e. The van der Waals surface area contributed by atoms with Crippen molar-refractivity contribution in [3.05, 3.63) is 54.6 Å². The van der Waals surface area contributed by atoms with E-state index in [0.29, 0.717) is 44.5 Å². The summed E-state index contributed by atoms with van der Waals surface area (Å²) in [6, 6.07) is 16.8. The molecule has 1 aliphatic heterocycles. The molecule has 1 fully saturated rings. The molecule has 1 saturated heterocycles. The number of amides is 2. The van der Waals surface area contributed by atoms with Crippen LogP contribution in [-0.2, 0) is 9.53 Å². The van der Waals surface area contributed by atoms with Crippen molar-refractivity contribution >= 4 is 17.7 Å². The Balaban J connectivity index is 1.40. The predicted molar refractivity (Wildman–Crippen MR) is 116 cm³/mol. The molecule has 3 rings (SSSR count). The summed E-state index contributed by atoms with van der Waals surface area (Å²) < 4.78 is 11.0. The first-order chi connectivity index (χ1) is 14.5. The molecule has 0 unspecified atom stereocenters. The monoisotopic (exact) mass is 411 g/mol. The van der Waals surface area contributed by atoms with Gasteiger partial charge in [-0.2, -0.15) is 0 Å². The van der Waals surface area contributed by atoms with Crippen LogP contribution < -0.4 is 10.1 Å². The molecule has 2 aromatic carbocycles. The number of rotatable bonds is 7. The number of carbonyl (C=O) groups is 2. The smallest absolute Gasteiger partial charge is 0.409 e. The first-order valence-electron chi connectivity index (χ1n) is 10.3. The third-order valence-corrected chi connectivity index (χ3v) is 4.65. The van der Waals surface area contributed by atoms with Gasteiger partial charge in [-0.3, -0.25) is 9.69 Å². The molecule has 0 radical (unpaired) electrons. The van der Waals surface area contributed by atoms with Crippen LogP contribution in [0.25, 0.3) is 0 Å². The fourth-order valence-corrected chi connectivity index (χ4v) is 3.05. The third kappa shape index (κ3) is 6.77. The maximum absolute atomic E-state index is 12.4. The number of nitrogens with zero attached hydrogens (tertiary/aromatic N) is 2. The van der Waals surface area contributed by atoms with Gasteiger partial charge in [-0.1, -0.05) is 32.0 Å². The molecule has 0 saturated carbocycles. The van der Waals surface area contributed by atoms with Crippen molar-refractivity contribution in [2.45, 2.75) is 13.8 Å². The Hall–Kier alpha value is -3.06. The molecule has 0 atom stereocenters. The van der Waals surface area contributed by atoms with E-state index in [2.05, 4.69) is 5.32 Å². The number of para-hydroxylation sites is 1. The first-order valence-corrected chi connectivity index (χ1v) is 10.3. The molecule has 0 aliphatic carbocycles. The van der Waals surface area contributed by atoms with Crippen molar-refractivity contribution in [1.82, 2.24) is 9.80 Å². The molecule has 2 aromatic rings. The highest BCUT2D eigenvalue weighted by Crippen LogP contribution is 2.22. The Bertz CT molecular complexity index is 816. The molecule has 0 aromatic heterocycles. The summed E-state index contributed by atoms with van der Waals surface area (Å²) in [7, 11) is 0. The van der Waals surface area contributed by atoms with Gasteiger partial charge in [0.15, 0.2) is 0 Å². The average Bonchev–Trinajstić information content (AvgIpc) is 2.74. The molecular weight excluding hydrogens is 382 g/mol. The molecule has 1 N–H and O–H groups in total. The first kappa shape index (κ1) is 21.6. The zero-order valence-electron chi connectivity index (χ0n) is 17.5. The molecule has 1 heterocycles. The fourth-order valence-electron chi connectivity index (χ4n) is 3.05. The van der Waals surface area contributed by atoms with Gasteiger partial charge in [0.1, 0.15) is 11.5 Å². The second-order valence-electron chi connectivity index (χ2n) is 7.72. The Kier molecular flexibility index (Phi) is 7.68. The zero-order valence-corrected chi connectivity index (χ0v) is 17.5. The fraction of sp³-hybridized carbons (Fsp3) is 0.391. The molecule has 7 nitrogen and oxygen atoms in total. The minimum Gasteiger partial charge on any atom is -0.457 e. The van der Waals surface area contributed by atoms with Gasteiger partial charge < -0.3 is 19.7 Å². The maximum Gasteiger partial charge on any atom is 0.409 e. The van der Waals surface area contributed by atoms with Gasteiger partial charge >= 0.3 is 6.09 Å². The highest BCUT2D eigenvalue weighted by molar-refractivity contribution is 5.92. The number of anilines is 1. The summed E-state index contributed by atoms with van der Waals surface area (Å²) >= 11 is 0. The van der Waals surface area contributed by atoms with Crippen molar-refractivity contribution in [2.75, 3.05) is 44.6 Å². The maximum atomic E-state index is 12.4. The van der Waals surface area contributed by atoms with E-state index in [1.54, 1.807) is 4.90 Å². The quantitative estimate of drug-likeness (QED) is 0.750. The second-order valence-corrected chi connectivity index (χ2v) is 7.72. The van der Waals surface area contributed by atoms with Gasteiger partial charge in [0.25, 0.3) is 0 Å². The number of piperazine rings is 1. The van der Waals surface area contributed by atoms with Crippen molar-refractivity contribution < 1.29 is 19.1 Å². The summed E-state index contributed by atoms with van der Waals surface area (Å²) in [4.78, 5) is 28.1. The van der Waals surface area contributed by atoms with Crippen LogP contribution in [0.5, 0.6) is 11.5 Å². The topological polar surface area (TPSA) is 71.1 Å². The molecule has 2 amide bonds. The van der Waals surface area contributed by atoms with Gasteiger partial charge in [-0.05, 0) is 42.3 Å². The Morgan fingerprint density at radius 2 is 1.57 bits per heavy atom. The van der Waals surface area contributed by atoms with Crippen LogP contribution in [-0.4, -0.2) is 61.1 Å². The van der Waals surface area contributed by atoms with Crippen LogP contribution in [0.2, 0.25) is 0 Å². The Morgan fingerprint density at radius 1 is 0.933 bits per heavy atom. The number of nitrogens with one attached hydrogen (secondary N) is 1. The molecule has 0 bridgehead atoms. The van der Waals surface area contributed by atoms with E-state index in [1.807, 2.05) is 73.3 Å². The molecule has 7 heteroatoms. The Morgan fingerprint density at radius 3 is 2.20 bits per heavy atom. The van der Waals surface area contributed by atoms with Crippen LogP contribution in [0, 0.1) is 5.92 Å². The molecule has 30 heavy (non-hydrogen) atoms. The second kappa shape index (κ2) is 10.6. The minimum atomic E-state index is -0.273. The van der Waals surface area contributed by atoms with E-state index in [0.717, 1.165) is 11.4 Å². The van der Waals surface area contributed by atoms with Crippen LogP contribution in [0.3, 0.4) is 0 Å². The summed E-state index contributed by atoms with van der Waals surface area (Å²) in [6.45, 7) is 7.16. The van der Waals surface area contributed by atoms with Crippen LogP contribution >= 0.6 is 0 Å². The molecule has 0 spiro atoms. The number of hydrogen-bond acceptors (Lipinski definition) is 5. The summed E-state index contributed by atoms with van der Waals surface area (Å²) in [5.74, 6) is 1.71. The van der Waals surface area contributed by atoms with E-state index in [4.69, 9.17) is 9.47 Å². The lowest BCUT2D eigenvalue weighted by atomic mass is 10.2. The van der Waals surface area contributed by atoms with Gasteiger partial charge in [-0.25, -0.2) is 4.79 Å². The van der Waals surface area contributed by atoms with Crippen molar-refractivity contribution in [1.29, 1.82) is 0 Å². The average molecular weight is 412 g/mol. The third-order valence-electron chi connectivity index (χ3n) is 4.65. The normalized spacial score (nSPS) is 14.4. The standard InChI is InChI=1S/C23H29N3O4/c1-18(2)17-29-23(28)26-14-12-25(13-15-26)16-22(27)24-19-8-10-21(11-9-19)30-20-6-4-3-5-7-20/h3-11,18H,12-17H2,1-2H3,(H,24,27). The molecular formula is C23H29N3O4. The lowest BCUT2D eigenvalue weighted by Crippen LogP contribution is -2.50. The van der Waals surface area contributed by atoms with Gasteiger partial charge in [-0.15, -0.1) is 0 Å². The van der Waals surface area contributed by atoms with Crippen LogP contribution in [0.15, 0.2) is 54.6 Å². The highest BCUT2D eigenvalue weighted by atomic mass is 16.6. The zero-order chi connectivity index (χ0) is 21.3. The lowest BCUT2D eigenvalue weighted by molar-refractivity contribution is -0.117. The van der Waals surface area contributed by atoms with Gasteiger partial charge in [0.2, 0.25) is 5.91 Å². The lowest BCUT2D eigenvalue weighted by Gasteiger charge is -2.33. The molecule has 160 valence electrons. The van der Waals surface area contributed by atoms with Crippen molar-refractivity contribution in [3.63, 3.8) is 0 Å². The highest BCUT2D eigenvalue weighted by Gasteiger charge is 2.23. The van der Waals surface area contributed by atoms with E-state index in [1.165, 1.54) is 0 Å². The summed E-state index contributed by atoms with van der Waals surface area (Å²) in [6.07, 6.45) is -0.273. The van der Waals surface area contributed by atoms with Crippen LogP contribution in [0.1, 0.15) is 13.8 Å². The Labute approximate surface area is 177 Å². The van der Waals surface area contributed by atoms with Crippen molar-refractivity contribution in [3.8, 4) is 11.5 Å². The molecule has 1 aliphatic rings. The van der Waals surface area contributed by atoms with Crippen LogP contribution in [0.4, 0.5) is 10.5 Å². The number of benzene rings is 2.